The fourth-order valence-electron chi connectivity index (χ4n) is 2.63. The zero-order valence-corrected chi connectivity index (χ0v) is 14.2. The fraction of sp³-hybridized carbons (Fsp3) is 0.294. The molecule has 2 heterocycles. The van der Waals surface area contributed by atoms with E-state index in [0.29, 0.717) is 17.1 Å². The summed E-state index contributed by atoms with van der Waals surface area (Å²) in [6.07, 6.45) is 0. The van der Waals surface area contributed by atoms with Crippen LogP contribution < -0.4 is 10.3 Å². The molecule has 0 unspecified atom stereocenters. The van der Waals surface area contributed by atoms with Crippen LogP contribution in [0.3, 0.4) is 0 Å². The summed E-state index contributed by atoms with van der Waals surface area (Å²) in [5.41, 5.74) is 3.01. The van der Waals surface area contributed by atoms with Crippen LogP contribution in [-0.2, 0) is 13.1 Å². The Morgan fingerprint density at radius 2 is 2.13 bits per heavy atom. The van der Waals surface area contributed by atoms with Gasteiger partial charge in [0.05, 0.1) is 19.2 Å². The predicted octanol–water partition coefficient (Wildman–Crippen LogP) is 2.93. The number of H-pyrrole nitrogens is 1. The standard InChI is InChI=1S/C17H19N3O2S/c1-11-4-5-14(22-3)12(8-11)9-20(2)10-15-18-13-6-7-23-16(13)17(21)19-15/h4-8H,9-10H2,1-3H3,(H,18,19,21). The van der Waals surface area contributed by atoms with Gasteiger partial charge in [0.25, 0.3) is 5.56 Å². The molecule has 1 aromatic carbocycles. The molecule has 0 fully saturated rings. The lowest BCUT2D eigenvalue weighted by Gasteiger charge is -2.18. The molecule has 3 rings (SSSR count). The van der Waals surface area contributed by atoms with Crippen LogP contribution in [0.15, 0.2) is 34.4 Å². The van der Waals surface area contributed by atoms with Crippen LogP contribution >= 0.6 is 11.3 Å². The van der Waals surface area contributed by atoms with Crippen LogP contribution in [-0.4, -0.2) is 29.0 Å². The molecule has 120 valence electrons. The SMILES string of the molecule is COc1ccc(C)cc1CN(C)Cc1nc2ccsc2c(=O)[nH]1. The summed E-state index contributed by atoms with van der Waals surface area (Å²) < 4.78 is 6.10. The van der Waals surface area contributed by atoms with Gasteiger partial charge in [0.15, 0.2) is 0 Å². The molecule has 0 aliphatic carbocycles. The molecule has 1 N–H and O–H groups in total. The number of nitrogens with one attached hydrogen (secondary N) is 1. The first-order chi connectivity index (χ1) is 11.1. The third-order valence-electron chi connectivity index (χ3n) is 3.66. The fourth-order valence-corrected chi connectivity index (χ4v) is 3.36. The Morgan fingerprint density at radius 1 is 1.30 bits per heavy atom. The molecule has 23 heavy (non-hydrogen) atoms. The molecule has 0 atom stereocenters. The Bertz CT molecular complexity index is 885. The maximum Gasteiger partial charge on any atom is 0.268 e. The minimum Gasteiger partial charge on any atom is -0.496 e. The Hall–Kier alpha value is -2.18. The van der Waals surface area contributed by atoms with Crippen LogP contribution in [0.1, 0.15) is 17.0 Å². The van der Waals surface area contributed by atoms with Gasteiger partial charge in [0, 0.05) is 12.1 Å². The Morgan fingerprint density at radius 3 is 2.91 bits per heavy atom. The summed E-state index contributed by atoms with van der Waals surface area (Å²) in [6, 6.07) is 8.01. The van der Waals surface area contributed by atoms with Crippen molar-refractivity contribution in [2.24, 2.45) is 0 Å². The summed E-state index contributed by atoms with van der Waals surface area (Å²) in [5, 5.41) is 1.89. The monoisotopic (exact) mass is 329 g/mol. The largest absolute Gasteiger partial charge is 0.496 e. The normalized spacial score (nSPS) is 11.3. The van der Waals surface area contributed by atoms with E-state index >= 15 is 0 Å². The smallest absolute Gasteiger partial charge is 0.268 e. The summed E-state index contributed by atoms with van der Waals surface area (Å²) in [7, 11) is 3.68. The van der Waals surface area contributed by atoms with Crippen LogP contribution in [0.2, 0.25) is 0 Å². The van der Waals surface area contributed by atoms with Crippen molar-refractivity contribution in [3.05, 3.63) is 57.0 Å². The molecule has 0 bridgehead atoms. The van der Waals surface area contributed by atoms with E-state index in [2.05, 4.69) is 27.9 Å². The lowest BCUT2D eigenvalue weighted by atomic mass is 10.1. The molecule has 5 nitrogen and oxygen atoms in total. The maximum atomic E-state index is 12.0. The molecule has 3 aromatic rings. The molecule has 0 radical (unpaired) electrons. The number of hydrogen-bond donors (Lipinski definition) is 1. The number of thiophene rings is 1. The second-order valence-corrected chi connectivity index (χ2v) is 6.55. The Balaban J connectivity index is 1.79. The van der Waals surface area contributed by atoms with Gasteiger partial charge >= 0.3 is 0 Å². The first-order valence-electron chi connectivity index (χ1n) is 7.35. The molecular formula is C17H19N3O2S. The number of fused-ring (bicyclic) bond motifs is 1. The number of nitrogens with zero attached hydrogens (tertiary/aromatic N) is 2. The number of hydrogen-bond acceptors (Lipinski definition) is 5. The van der Waals surface area contributed by atoms with E-state index in [-0.39, 0.29) is 5.56 Å². The lowest BCUT2D eigenvalue weighted by Crippen LogP contribution is -2.21. The topological polar surface area (TPSA) is 58.2 Å². The number of aromatic amines is 1. The highest BCUT2D eigenvalue weighted by molar-refractivity contribution is 7.17. The molecular weight excluding hydrogens is 310 g/mol. The summed E-state index contributed by atoms with van der Waals surface area (Å²) in [4.78, 5) is 21.5. The van der Waals surface area contributed by atoms with Crippen molar-refractivity contribution in [3.63, 3.8) is 0 Å². The van der Waals surface area contributed by atoms with Crippen LogP contribution in [0.5, 0.6) is 5.75 Å². The molecule has 0 aliphatic heterocycles. The third-order valence-corrected chi connectivity index (χ3v) is 4.56. The van der Waals surface area contributed by atoms with Gasteiger partial charge in [-0.1, -0.05) is 17.7 Å². The van der Waals surface area contributed by atoms with Crippen molar-refractivity contribution in [1.82, 2.24) is 14.9 Å². The Labute approximate surface area is 138 Å². The average Bonchev–Trinajstić information content (AvgIpc) is 2.96. The van der Waals surface area contributed by atoms with Gasteiger partial charge in [-0.25, -0.2) is 4.98 Å². The molecule has 0 saturated heterocycles. The van der Waals surface area contributed by atoms with Crippen LogP contribution in [0.25, 0.3) is 10.2 Å². The molecule has 2 aromatic heterocycles. The number of methoxy groups -OCH3 is 1. The highest BCUT2D eigenvalue weighted by Crippen LogP contribution is 2.21. The Kier molecular flexibility index (Phi) is 4.45. The molecule has 0 amide bonds. The lowest BCUT2D eigenvalue weighted by molar-refractivity contribution is 0.302. The number of ether oxygens (including phenoxy) is 1. The second-order valence-electron chi connectivity index (χ2n) is 5.64. The molecule has 0 aliphatic rings. The quantitative estimate of drug-likeness (QED) is 0.782. The van der Waals surface area contributed by atoms with Gasteiger partial charge in [-0.3, -0.25) is 9.69 Å². The zero-order valence-electron chi connectivity index (χ0n) is 13.4. The molecule has 0 saturated carbocycles. The highest BCUT2D eigenvalue weighted by atomic mass is 32.1. The third kappa shape index (κ3) is 3.43. The van der Waals surface area contributed by atoms with E-state index in [1.807, 2.05) is 30.6 Å². The minimum atomic E-state index is -0.0680. The van der Waals surface area contributed by atoms with Gasteiger partial charge in [0.2, 0.25) is 0 Å². The minimum absolute atomic E-state index is 0.0680. The van der Waals surface area contributed by atoms with Crippen molar-refractivity contribution in [1.29, 1.82) is 0 Å². The number of aromatic nitrogens is 2. The number of benzene rings is 1. The summed E-state index contributed by atoms with van der Waals surface area (Å²) in [6.45, 7) is 3.35. The van der Waals surface area contributed by atoms with E-state index in [1.54, 1.807) is 7.11 Å². The van der Waals surface area contributed by atoms with Crippen molar-refractivity contribution in [2.45, 2.75) is 20.0 Å². The van der Waals surface area contributed by atoms with E-state index in [1.165, 1.54) is 16.9 Å². The maximum absolute atomic E-state index is 12.0. The highest BCUT2D eigenvalue weighted by Gasteiger charge is 2.10. The van der Waals surface area contributed by atoms with Gasteiger partial charge in [-0.05, 0) is 31.5 Å². The van der Waals surface area contributed by atoms with Crippen LogP contribution in [0.4, 0.5) is 0 Å². The van der Waals surface area contributed by atoms with E-state index < -0.39 is 0 Å². The molecule has 6 heteroatoms. The average molecular weight is 329 g/mol. The first-order valence-corrected chi connectivity index (χ1v) is 8.23. The second kappa shape index (κ2) is 6.52. The van der Waals surface area contributed by atoms with Gasteiger partial charge in [-0.15, -0.1) is 11.3 Å². The van der Waals surface area contributed by atoms with E-state index in [9.17, 15) is 4.79 Å². The van der Waals surface area contributed by atoms with E-state index in [0.717, 1.165) is 23.4 Å². The van der Waals surface area contributed by atoms with Gasteiger partial charge in [-0.2, -0.15) is 0 Å². The van der Waals surface area contributed by atoms with Gasteiger partial charge < -0.3 is 9.72 Å². The summed E-state index contributed by atoms with van der Waals surface area (Å²) in [5.74, 6) is 1.55. The predicted molar refractivity (Wildman–Crippen MR) is 93.1 cm³/mol. The van der Waals surface area contributed by atoms with Crippen molar-refractivity contribution < 1.29 is 4.74 Å². The van der Waals surface area contributed by atoms with Gasteiger partial charge in [0.1, 0.15) is 16.3 Å². The van der Waals surface area contributed by atoms with Crippen molar-refractivity contribution in [3.8, 4) is 5.75 Å². The number of rotatable bonds is 5. The summed E-state index contributed by atoms with van der Waals surface area (Å²) >= 11 is 1.41. The number of aryl methyl sites for hydroxylation is 1. The van der Waals surface area contributed by atoms with E-state index in [4.69, 9.17) is 4.74 Å². The van der Waals surface area contributed by atoms with Crippen molar-refractivity contribution in [2.75, 3.05) is 14.2 Å². The van der Waals surface area contributed by atoms with Crippen LogP contribution in [0, 0.1) is 6.92 Å². The molecule has 0 spiro atoms. The first kappa shape index (κ1) is 15.7. The zero-order chi connectivity index (χ0) is 16.4. The van der Waals surface area contributed by atoms with Crippen molar-refractivity contribution >= 4 is 21.6 Å².